The Balaban J connectivity index is 1.91. The van der Waals surface area contributed by atoms with Gasteiger partial charge < -0.3 is 15.4 Å². The zero-order valence-corrected chi connectivity index (χ0v) is 12.7. The standard InChI is InChI=1S/C16H24N4O/c1-21-10-11-4-3-7-20(9-11)16-13(15(17)18)8-12-5-2-6-14(12)19-16/h8,11H,2-7,9-10H2,1H3,(H3,17,18). The lowest BCUT2D eigenvalue weighted by Gasteiger charge is -2.34. The van der Waals surface area contributed by atoms with Gasteiger partial charge in [-0.1, -0.05) is 0 Å². The van der Waals surface area contributed by atoms with Crippen LogP contribution in [-0.2, 0) is 17.6 Å². The lowest BCUT2D eigenvalue weighted by molar-refractivity contribution is 0.143. The Kier molecular flexibility index (Phi) is 4.10. The summed E-state index contributed by atoms with van der Waals surface area (Å²) >= 11 is 0. The molecular weight excluding hydrogens is 264 g/mol. The molecule has 3 rings (SSSR count). The van der Waals surface area contributed by atoms with Crippen LogP contribution in [0.1, 0.15) is 36.1 Å². The minimum atomic E-state index is 0.126. The Hall–Kier alpha value is -1.62. The van der Waals surface area contributed by atoms with Crippen LogP contribution in [0.3, 0.4) is 0 Å². The number of fused-ring (bicyclic) bond motifs is 1. The van der Waals surface area contributed by atoms with Gasteiger partial charge in [0, 0.05) is 25.9 Å². The fourth-order valence-electron chi connectivity index (χ4n) is 3.53. The molecule has 21 heavy (non-hydrogen) atoms. The second-order valence-corrected chi connectivity index (χ2v) is 6.14. The quantitative estimate of drug-likeness (QED) is 0.653. The highest BCUT2D eigenvalue weighted by molar-refractivity contribution is 6.00. The monoisotopic (exact) mass is 288 g/mol. The van der Waals surface area contributed by atoms with Crippen molar-refractivity contribution in [2.24, 2.45) is 11.7 Å². The largest absolute Gasteiger partial charge is 0.384 e. The van der Waals surface area contributed by atoms with Crippen molar-refractivity contribution in [2.45, 2.75) is 32.1 Å². The number of ether oxygens (including phenoxy) is 1. The minimum absolute atomic E-state index is 0.126. The smallest absolute Gasteiger partial charge is 0.139 e. The predicted molar refractivity (Wildman–Crippen MR) is 84.1 cm³/mol. The summed E-state index contributed by atoms with van der Waals surface area (Å²) in [5, 5.41) is 7.88. The van der Waals surface area contributed by atoms with Crippen LogP contribution in [0.25, 0.3) is 0 Å². The number of nitrogens with zero attached hydrogens (tertiary/aromatic N) is 2. The number of amidine groups is 1. The average Bonchev–Trinajstić information content (AvgIpc) is 2.94. The number of methoxy groups -OCH3 is 1. The SMILES string of the molecule is COCC1CCCN(c2nc3c(cc2C(=N)N)CCC3)C1. The summed E-state index contributed by atoms with van der Waals surface area (Å²) in [5.74, 6) is 1.57. The first-order chi connectivity index (χ1) is 10.2. The van der Waals surface area contributed by atoms with Crippen molar-refractivity contribution >= 4 is 11.7 Å². The number of hydrogen-bond donors (Lipinski definition) is 2. The van der Waals surface area contributed by atoms with Gasteiger partial charge in [0.15, 0.2) is 0 Å². The highest BCUT2D eigenvalue weighted by Gasteiger charge is 2.25. The van der Waals surface area contributed by atoms with Crippen molar-refractivity contribution in [1.82, 2.24) is 4.98 Å². The number of aromatic nitrogens is 1. The van der Waals surface area contributed by atoms with Gasteiger partial charge in [-0.2, -0.15) is 0 Å². The maximum atomic E-state index is 7.88. The summed E-state index contributed by atoms with van der Waals surface area (Å²) in [5.41, 5.74) is 9.07. The molecule has 0 bridgehead atoms. The molecule has 1 aromatic rings. The lowest BCUT2D eigenvalue weighted by Crippen LogP contribution is -2.39. The van der Waals surface area contributed by atoms with Crippen LogP contribution >= 0.6 is 0 Å². The Morgan fingerprint density at radius 2 is 2.33 bits per heavy atom. The van der Waals surface area contributed by atoms with Gasteiger partial charge in [-0.15, -0.1) is 0 Å². The Bertz CT molecular complexity index is 541. The number of aryl methyl sites for hydroxylation is 2. The van der Waals surface area contributed by atoms with Crippen LogP contribution < -0.4 is 10.6 Å². The normalized spacial score (nSPS) is 21.4. The summed E-state index contributed by atoms with van der Waals surface area (Å²) in [7, 11) is 1.76. The maximum Gasteiger partial charge on any atom is 0.139 e. The molecular formula is C16H24N4O. The van der Waals surface area contributed by atoms with E-state index in [9.17, 15) is 0 Å². The molecule has 1 aromatic heterocycles. The van der Waals surface area contributed by atoms with Gasteiger partial charge in [-0.05, 0) is 49.7 Å². The van der Waals surface area contributed by atoms with Gasteiger partial charge >= 0.3 is 0 Å². The number of pyridine rings is 1. The molecule has 3 N–H and O–H groups in total. The van der Waals surface area contributed by atoms with Crippen molar-refractivity contribution in [3.05, 3.63) is 22.9 Å². The van der Waals surface area contributed by atoms with Crippen molar-refractivity contribution in [3.8, 4) is 0 Å². The van der Waals surface area contributed by atoms with E-state index in [0.717, 1.165) is 56.8 Å². The van der Waals surface area contributed by atoms with Gasteiger partial charge in [0.2, 0.25) is 0 Å². The van der Waals surface area contributed by atoms with E-state index in [0.29, 0.717) is 5.92 Å². The van der Waals surface area contributed by atoms with Gasteiger partial charge in [0.1, 0.15) is 11.7 Å². The van der Waals surface area contributed by atoms with E-state index in [1.54, 1.807) is 7.11 Å². The van der Waals surface area contributed by atoms with Crippen molar-refractivity contribution in [3.63, 3.8) is 0 Å². The zero-order valence-electron chi connectivity index (χ0n) is 12.7. The van der Waals surface area contributed by atoms with Crippen LogP contribution in [0.15, 0.2) is 6.07 Å². The summed E-state index contributed by atoms with van der Waals surface area (Å²) in [6.07, 6.45) is 5.62. The zero-order chi connectivity index (χ0) is 14.8. The van der Waals surface area contributed by atoms with E-state index in [4.69, 9.17) is 20.9 Å². The first kappa shape index (κ1) is 14.3. The van der Waals surface area contributed by atoms with Crippen LogP contribution in [-0.4, -0.2) is 37.6 Å². The first-order valence-corrected chi connectivity index (χ1v) is 7.80. The minimum Gasteiger partial charge on any atom is -0.384 e. The molecule has 1 saturated heterocycles. The molecule has 0 spiro atoms. The molecule has 114 valence electrons. The topological polar surface area (TPSA) is 75.2 Å². The molecule has 0 amide bonds. The fraction of sp³-hybridized carbons (Fsp3) is 0.625. The lowest BCUT2D eigenvalue weighted by atomic mass is 9.98. The van der Waals surface area contributed by atoms with Gasteiger partial charge in [-0.3, -0.25) is 5.41 Å². The van der Waals surface area contributed by atoms with E-state index in [2.05, 4.69) is 11.0 Å². The summed E-state index contributed by atoms with van der Waals surface area (Å²) in [4.78, 5) is 7.15. The second-order valence-electron chi connectivity index (χ2n) is 6.14. The van der Waals surface area contributed by atoms with Gasteiger partial charge in [-0.25, -0.2) is 4.98 Å². The Morgan fingerprint density at radius 3 is 3.10 bits per heavy atom. The highest BCUT2D eigenvalue weighted by Crippen LogP contribution is 2.30. The molecule has 2 heterocycles. The maximum absolute atomic E-state index is 7.88. The highest BCUT2D eigenvalue weighted by atomic mass is 16.5. The average molecular weight is 288 g/mol. The Labute approximate surface area is 126 Å². The first-order valence-electron chi connectivity index (χ1n) is 7.80. The number of piperidine rings is 1. The third-order valence-electron chi connectivity index (χ3n) is 4.54. The molecule has 2 aliphatic rings. The molecule has 1 fully saturated rings. The van der Waals surface area contributed by atoms with Crippen LogP contribution in [0, 0.1) is 11.3 Å². The Morgan fingerprint density at radius 1 is 1.48 bits per heavy atom. The number of nitrogen functional groups attached to an aromatic ring is 1. The van der Waals surface area contributed by atoms with E-state index in [-0.39, 0.29) is 5.84 Å². The van der Waals surface area contributed by atoms with Crippen molar-refractivity contribution < 1.29 is 4.74 Å². The van der Waals surface area contributed by atoms with Gasteiger partial charge in [0.25, 0.3) is 0 Å². The van der Waals surface area contributed by atoms with Gasteiger partial charge in [0.05, 0.1) is 12.2 Å². The molecule has 5 heteroatoms. The molecule has 1 unspecified atom stereocenters. The second kappa shape index (κ2) is 6.02. The number of rotatable bonds is 4. The molecule has 1 aliphatic carbocycles. The van der Waals surface area contributed by atoms with Crippen molar-refractivity contribution in [2.75, 3.05) is 31.7 Å². The molecule has 0 radical (unpaired) electrons. The van der Waals surface area contributed by atoms with Crippen molar-refractivity contribution in [1.29, 1.82) is 5.41 Å². The van der Waals surface area contributed by atoms with Crippen LogP contribution in [0.2, 0.25) is 0 Å². The summed E-state index contributed by atoms with van der Waals surface area (Å²) in [6.45, 7) is 2.73. The van der Waals surface area contributed by atoms with E-state index in [1.807, 2.05) is 0 Å². The molecule has 0 aromatic carbocycles. The predicted octanol–water partition coefficient (Wildman–Crippen LogP) is 1.72. The number of nitrogens with two attached hydrogens (primary N) is 1. The number of anilines is 1. The van der Waals surface area contributed by atoms with Crippen LogP contribution in [0.5, 0.6) is 0 Å². The molecule has 5 nitrogen and oxygen atoms in total. The molecule has 0 saturated carbocycles. The summed E-state index contributed by atoms with van der Waals surface area (Å²) in [6, 6.07) is 2.09. The third-order valence-corrected chi connectivity index (χ3v) is 4.54. The number of nitrogens with one attached hydrogen (secondary N) is 1. The van der Waals surface area contributed by atoms with E-state index < -0.39 is 0 Å². The molecule has 1 atom stereocenters. The van der Waals surface area contributed by atoms with E-state index >= 15 is 0 Å². The molecule has 1 aliphatic heterocycles. The number of hydrogen-bond acceptors (Lipinski definition) is 4. The fourth-order valence-corrected chi connectivity index (χ4v) is 3.53. The van der Waals surface area contributed by atoms with E-state index in [1.165, 1.54) is 17.7 Å². The van der Waals surface area contributed by atoms with Crippen LogP contribution in [0.4, 0.5) is 5.82 Å². The third kappa shape index (κ3) is 2.88. The summed E-state index contributed by atoms with van der Waals surface area (Å²) < 4.78 is 5.30.